The van der Waals surface area contributed by atoms with Crippen molar-refractivity contribution < 1.29 is 9.50 Å². The van der Waals surface area contributed by atoms with Crippen LogP contribution >= 0.6 is 27.5 Å². The third-order valence-corrected chi connectivity index (χ3v) is 4.46. The lowest BCUT2D eigenvalue weighted by atomic mass is 9.89. The van der Waals surface area contributed by atoms with Gasteiger partial charge in [0, 0.05) is 16.9 Å². The zero-order valence-electron chi connectivity index (χ0n) is 10.6. The number of hydrogen-bond donors (Lipinski definition) is 2. The molecule has 2 unspecified atom stereocenters. The predicted molar refractivity (Wildman–Crippen MR) is 82.3 cm³/mol. The highest BCUT2D eigenvalue weighted by molar-refractivity contribution is 9.10. The molecule has 0 aromatic heterocycles. The minimum atomic E-state index is -0.914. The molecule has 2 atom stereocenters. The van der Waals surface area contributed by atoms with Crippen LogP contribution in [0.5, 0.6) is 0 Å². The van der Waals surface area contributed by atoms with E-state index in [9.17, 15) is 9.50 Å². The molecule has 2 nitrogen and oxygen atoms in total. The van der Waals surface area contributed by atoms with Gasteiger partial charge in [-0.1, -0.05) is 35.9 Å². The molecular weight excluding hydrogens is 345 g/mol. The van der Waals surface area contributed by atoms with Crippen LogP contribution in [0.15, 0.2) is 46.9 Å². The fourth-order valence-corrected chi connectivity index (χ4v) is 2.57. The highest BCUT2D eigenvalue weighted by atomic mass is 79.9. The van der Waals surface area contributed by atoms with Crippen molar-refractivity contribution in [1.29, 1.82) is 0 Å². The maximum absolute atomic E-state index is 13.8. The van der Waals surface area contributed by atoms with Crippen molar-refractivity contribution in [3.63, 3.8) is 0 Å². The molecule has 20 heavy (non-hydrogen) atoms. The minimum absolute atomic E-state index is 0.135. The van der Waals surface area contributed by atoms with Crippen molar-refractivity contribution in [3.05, 3.63) is 68.9 Å². The predicted octanol–water partition coefficient (Wildman–Crippen LogP) is 4.02. The van der Waals surface area contributed by atoms with Gasteiger partial charge in [-0.3, -0.25) is 0 Å². The van der Waals surface area contributed by atoms with Gasteiger partial charge >= 0.3 is 0 Å². The minimum Gasteiger partial charge on any atom is -0.388 e. The van der Waals surface area contributed by atoms with Crippen molar-refractivity contribution in [2.24, 2.45) is 5.73 Å². The Balaban J connectivity index is 2.36. The number of nitrogens with two attached hydrogens (primary N) is 1. The molecule has 0 aliphatic carbocycles. The topological polar surface area (TPSA) is 46.2 Å². The van der Waals surface area contributed by atoms with E-state index >= 15 is 0 Å². The van der Waals surface area contributed by atoms with Crippen LogP contribution in [0.1, 0.15) is 23.1 Å². The fraction of sp³-hybridized carbons (Fsp3) is 0.200. The Morgan fingerprint density at radius 1 is 1.25 bits per heavy atom. The average Bonchev–Trinajstić information content (AvgIpc) is 2.44. The molecule has 0 radical (unpaired) electrons. The van der Waals surface area contributed by atoms with Crippen molar-refractivity contribution in [3.8, 4) is 0 Å². The second-order valence-corrected chi connectivity index (χ2v) is 5.74. The van der Waals surface area contributed by atoms with Crippen molar-refractivity contribution in [2.75, 3.05) is 6.54 Å². The van der Waals surface area contributed by atoms with E-state index in [1.807, 2.05) is 0 Å². The van der Waals surface area contributed by atoms with Crippen LogP contribution in [0.2, 0.25) is 5.02 Å². The molecule has 0 saturated heterocycles. The Labute approximate surface area is 130 Å². The molecule has 2 rings (SSSR count). The van der Waals surface area contributed by atoms with Crippen LogP contribution in [0, 0.1) is 5.82 Å². The van der Waals surface area contributed by atoms with E-state index in [0.717, 1.165) is 4.47 Å². The highest BCUT2D eigenvalue weighted by Crippen LogP contribution is 2.34. The fourth-order valence-electron chi connectivity index (χ4n) is 2.13. The first kappa shape index (κ1) is 15.4. The van der Waals surface area contributed by atoms with Crippen molar-refractivity contribution in [1.82, 2.24) is 0 Å². The van der Waals surface area contributed by atoms with Gasteiger partial charge in [-0.15, -0.1) is 0 Å². The van der Waals surface area contributed by atoms with E-state index in [1.165, 1.54) is 6.07 Å². The maximum Gasteiger partial charge on any atom is 0.126 e. The summed E-state index contributed by atoms with van der Waals surface area (Å²) in [5.74, 6) is -0.890. The van der Waals surface area contributed by atoms with Crippen LogP contribution in [0.25, 0.3) is 0 Å². The van der Waals surface area contributed by atoms with E-state index in [4.69, 9.17) is 17.3 Å². The lowest BCUT2D eigenvalue weighted by Crippen LogP contribution is -2.21. The van der Waals surface area contributed by atoms with Crippen molar-refractivity contribution >= 4 is 27.5 Å². The van der Waals surface area contributed by atoms with E-state index in [-0.39, 0.29) is 12.4 Å². The van der Waals surface area contributed by atoms with Crippen LogP contribution in [0.4, 0.5) is 4.39 Å². The normalized spacial score (nSPS) is 14.1. The van der Waals surface area contributed by atoms with Gasteiger partial charge in [0.15, 0.2) is 0 Å². The van der Waals surface area contributed by atoms with E-state index in [1.54, 1.807) is 36.4 Å². The standard InChI is InChI=1S/C15H14BrClFNO/c16-12-6-5-9(7-13(12)17)15(20)11(8-19)10-3-1-2-4-14(10)18/h1-7,11,15,20H,8,19H2. The van der Waals surface area contributed by atoms with Gasteiger partial charge < -0.3 is 10.8 Å². The number of hydrogen-bond acceptors (Lipinski definition) is 2. The van der Waals surface area contributed by atoms with Crippen LogP contribution in [0.3, 0.4) is 0 Å². The molecule has 0 heterocycles. The first-order chi connectivity index (χ1) is 9.54. The summed E-state index contributed by atoms with van der Waals surface area (Å²) in [4.78, 5) is 0. The second-order valence-electron chi connectivity index (χ2n) is 4.48. The summed E-state index contributed by atoms with van der Waals surface area (Å²) in [6.45, 7) is 0.135. The summed E-state index contributed by atoms with van der Waals surface area (Å²) < 4.78 is 14.6. The van der Waals surface area contributed by atoms with Gasteiger partial charge in [-0.05, 0) is 45.3 Å². The molecule has 0 fully saturated rings. The molecule has 3 N–H and O–H groups in total. The summed E-state index contributed by atoms with van der Waals surface area (Å²) in [6, 6.07) is 11.5. The Morgan fingerprint density at radius 2 is 1.95 bits per heavy atom. The number of halogens is 3. The summed E-state index contributed by atoms with van der Waals surface area (Å²) in [7, 11) is 0. The first-order valence-electron chi connectivity index (χ1n) is 6.12. The van der Waals surface area contributed by atoms with Crippen LogP contribution < -0.4 is 5.73 Å². The third-order valence-electron chi connectivity index (χ3n) is 3.22. The maximum atomic E-state index is 13.8. The molecule has 106 valence electrons. The molecule has 0 saturated carbocycles. The zero-order chi connectivity index (χ0) is 14.7. The highest BCUT2D eigenvalue weighted by Gasteiger charge is 2.24. The number of benzene rings is 2. The zero-order valence-corrected chi connectivity index (χ0v) is 12.9. The van der Waals surface area contributed by atoms with E-state index < -0.39 is 12.0 Å². The Hall–Kier alpha value is -0.940. The van der Waals surface area contributed by atoms with Gasteiger partial charge in [0.1, 0.15) is 5.82 Å². The van der Waals surface area contributed by atoms with E-state index in [0.29, 0.717) is 16.1 Å². The van der Waals surface area contributed by atoms with Gasteiger partial charge in [0.2, 0.25) is 0 Å². The van der Waals surface area contributed by atoms with Gasteiger partial charge in [0.05, 0.1) is 11.1 Å². The SMILES string of the molecule is NCC(c1ccccc1F)C(O)c1ccc(Br)c(Cl)c1. The van der Waals surface area contributed by atoms with E-state index in [2.05, 4.69) is 15.9 Å². The van der Waals surface area contributed by atoms with Gasteiger partial charge in [-0.2, -0.15) is 0 Å². The first-order valence-corrected chi connectivity index (χ1v) is 7.29. The lowest BCUT2D eigenvalue weighted by Gasteiger charge is -2.23. The van der Waals surface area contributed by atoms with Crippen molar-refractivity contribution in [2.45, 2.75) is 12.0 Å². The smallest absolute Gasteiger partial charge is 0.126 e. The molecule has 0 aliphatic rings. The summed E-state index contributed by atoms with van der Waals surface area (Å²) in [5.41, 5.74) is 6.72. The number of rotatable bonds is 4. The monoisotopic (exact) mass is 357 g/mol. The molecule has 2 aromatic carbocycles. The molecule has 0 bridgehead atoms. The Morgan fingerprint density at radius 3 is 2.55 bits per heavy atom. The molecule has 0 aliphatic heterocycles. The Kier molecular flexibility index (Phi) is 5.16. The molecule has 0 amide bonds. The molecule has 2 aromatic rings. The summed E-state index contributed by atoms with van der Waals surface area (Å²) in [6.07, 6.45) is -0.914. The average molecular weight is 359 g/mol. The number of aliphatic hydroxyl groups is 1. The molecule has 5 heteroatoms. The Bertz CT molecular complexity index is 608. The molecular formula is C15H14BrClFNO. The quantitative estimate of drug-likeness (QED) is 0.867. The third kappa shape index (κ3) is 3.20. The number of aliphatic hydroxyl groups excluding tert-OH is 1. The van der Waals surface area contributed by atoms with Crippen LogP contribution in [-0.2, 0) is 0 Å². The molecule has 0 spiro atoms. The van der Waals surface area contributed by atoms with Gasteiger partial charge in [-0.25, -0.2) is 4.39 Å². The lowest BCUT2D eigenvalue weighted by molar-refractivity contribution is 0.145. The van der Waals surface area contributed by atoms with Gasteiger partial charge in [0.25, 0.3) is 0 Å². The largest absolute Gasteiger partial charge is 0.388 e. The second kappa shape index (κ2) is 6.68. The summed E-state index contributed by atoms with van der Waals surface area (Å²) in [5, 5.41) is 10.9. The summed E-state index contributed by atoms with van der Waals surface area (Å²) >= 11 is 9.31. The van der Waals surface area contributed by atoms with Crippen LogP contribution in [-0.4, -0.2) is 11.7 Å².